The lowest BCUT2D eigenvalue weighted by Crippen LogP contribution is -2.18. The smallest absolute Gasteiger partial charge is 0.0621 e. The highest BCUT2D eigenvalue weighted by atomic mass is 32.2. The number of hydrogen-bond donors (Lipinski definition) is 1. The first-order chi connectivity index (χ1) is 4.93. The molecule has 2 nitrogen and oxygen atoms in total. The number of hydrogen-bond acceptors (Lipinski definition) is 3. The topological polar surface area (TPSA) is 35.8 Å². The van der Waals surface area contributed by atoms with Crippen LogP contribution in [0.3, 0.4) is 0 Å². The average Bonchev–Trinajstić information content (AvgIpc) is 2.41. The van der Waals surface area contributed by atoms with Gasteiger partial charge in [-0.15, -0.1) is 11.8 Å². The van der Waals surface area contributed by atoms with E-state index < -0.39 is 0 Å². The Hall–Kier alpha value is -0.200. The average molecular weight is 156 g/mol. The summed E-state index contributed by atoms with van der Waals surface area (Å²) < 4.78 is 0. The van der Waals surface area contributed by atoms with Gasteiger partial charge in [-0.05, 0) is 12.8 Å². The summed E-state index contributed by atoms with van der Waals surface area (Å²) in [5, 5.41) is 12.3. The number of unbranched alkanes of at least 4 members (excludes halogenated alkanes) is 1. The fraction of sp³-hybridized carbons (Fsp3) is 0.857. The van der Waals surface area contributed by atoms with E-state index in [0.717, 1.165) is 19.4 Å². The Morgan fingerprint density at radius 1 is 1.70 bits per heavy atom. The zero-order valence-corrected chi connectivity index (χ0v) is 6.78. The number of nitrogens with one attached hydrogen (secondary N) is 1. The van der Waals surface area contributed by atoms with Crippen molar-refractivity contribution >= 4 is 11.8 Å². The molecule has 0 radical (unpaired) electrons. The first-order valence-electron chi connectivity index (χ1n) is 3.65. The van der Waals surface area contributed by atoms with Crippen molar-refractivity contribution in [2.45, 2.75) is 24.6 Å². The van der Waals surface area contributed by atoms with E-state index in [-0.39, 0.29) is 0 Å². The van der Waals surface area contributed by atoms with Crippen LogP contribution >= 0.6 is 11.8 Å². The SMILES string of the molecule is N#CCCCC1NCCS1. The monoisotopic (exact) mass is 156 g/mol. The van der Waals surface area contributed by atoms with Crippen molar-refractivity contribution in [2.75, 3.05) is 12.3 Å². The molecule has 0 spiro atoms. The summed E-state index contributed by atoms with van der Waals surface area (Å²) in [6, 6.07) is 2.15. The minimum atomic E-state index is 0.633. The summed E-state index contributed by atoms with van der Waals surface area (Å²) in [4.78, 5) is 0. The van der Waals surface area contributed by atoms with E-state index in [2.05, 4.69) is 11.4 Å². The molecule has 0 amide bonds. The molecule has 1 unspecified atom stereocenters. The Morgan fingerprint density at radius 2 is 2.60 bits per heavy atom. The molecule has 1 aliphatic heterocycles. The van der Waals surface area contributed by atoms with Crippen LogP contribution in [0.5, 0.6) is 0 Å². The second kappa shape index (κ2) is 4.59. The highest BCUT2D eigenvalue weighted by Crippen LogP contribution is 2.18. The summed E-state index contributed by atoms with van der Waals surface area (Å²) in [6.45, 7) is 1.14. The second-order valence-corrected chi connectivity index (χ2v) is 3.67. The number of thioether (sulfide) groups is 1. The highest BCUT2D eigenvalue weighted by molar-refractivity contribution is 8.00. The lowest BCUT2D eigenvalue weighted by atomic mass is 10.2. The Labute approximate surface area is 66.0 Å². The van der Waals surface area contributed by atoms with E-state index in [1.54, 1.807) is 0 Å². The fourth-order valence-corrected chi connectivity index (χ4v) is 2.12. The molecule has 0 bridgehead atoms. The van der Waals surface area contributed by atoms with Gasteiger partial charge in [0.2, 0.25) is 0 Å². The molecule has 1 saturated heterocycles. The summed E-state index contributed by atoms with van der Waals surface area (Å²) in [6.07, 6.45) is 2.90. The van der Waals surface area contributed by atoms with Gasteiger partial charge in [-0.3, -0.25) is 0 Å². The predicted molar refractivity (Wildman–Crippen MR) is 43.7 cm³/mol. The number of rotatable bonds is 3. The predicted octanol–water partition coefficient (Wildman–Crippen LogP) is 1.34. The molecule has 1 N–H and O–H groups in total. The Morgan fingerprint density at radius 3 is 3.20 bits per heavy atom. The lowest BCUT2D eigenvalue weighted by Gasteiger charge is -2.05. The van der Waals surface area contributed by atoms with Crippen LogP contribution in [0.2, 0.25) is 0 Å². The maximum atomic E-state index is 8.26. The molecule has 56 valence electrons. The standard InChI is InChI=1S/C7H12N2S/c8-4-2-1-3-7-9-5-6-10-7/h7,9H,1-3,5-6H2. The molecule has 0 aromatic carbocycles. The van der Waals surface area contributed by atoms with Crippen molar-refractivity contribution in [1.82, 2.24) is 5.32 Å². The van der Waals surface area contributed by atoms with Crippen molar-refractivity contribution in [2.24, 2.45) is 0 Å². The molecule has 1 rings (SSSR count). The Kier molecular flexibility index (Phi) is 3.63. The molecule has 0 aromatic rings. The molecule has 1 heterocycles. The maximum Gasteiger partial charge on any atom is 0.0621 e. The summed E-state index contributed by atoms with van der Waals surface area (Å²) >= 11 is 1.97. The van der Waals surface area contributed by atoms with E-state index in [9.17, 15) is 0 Å². The minimum absolute atomic E-state index is 0.633. The van der Waals surface area contributed by atoms with Crippen LogP contribution in [0, 0.1) is 11.3 Å². The van der Waals surface area contributed by atoms with Crippen LogP contribution in [-0.2, 0) is 0 Å². The lowest BCUT2D eigenvalue weighted by molar-refractivity contribution is 0.633. The normalized spacial score (nSPS) is 24.5. The van der Waals surface area contributed by atoms with Crippen molar-refractivity contribution in [3.63, 3.8) is 0 Å². The largest absolute Gasteiger partial charge is 0.305 e. The third kappa shape index (κ3) is 2.59. The van der Waals surface area contributed by atoms with Gasteiger partial charge in [-0.25, -0.2) is 0 Å². The van der Waals surface area contributed by atoms with E-state index >= 15 is 0 Å². The van der Waals surface area contributed by atoms with E-state index in [4.69, 9.17) is 5.26 Å². The zero-order chi connectivity index (χ0) is 7.23. The molecule has 10 heavy (non-hydrogen) atoms. The summed E-state index contributed by atoms with van der Waals surface area (Å²) in [5.41, 5.74) is 0. The quantitative estimate of drug-likeness (QED) is 0.626. The van der Waals surface area contributed by atoms with Crippen LogP contribution in [0.1, 0.15) is 19.3 Å². The van der Waals surface area contributed by atoms with Crippen molar-refractivity contribution < 1.29 is 0 Å². The van der Waals surface area contributed by atoms with Gasteiger partial charge < -0.3 is 5.32 Å². The van der Waals surface area contributed by atoms with Crippen LogP contribution in [-0.4, -0.2) is 17.7 Å². The van der Waals surface area contributed by atoms with Crippen LogP contribution in [0.25, 0.3) is 0 Å². The molecule has 1 aliphatic rings. The second-order valence-electron chi connectivity index (χ2n) is 2.36. The van der Waals surface area contributed by atoms with Crippen LogP contribution < -0.4 is 5.32 Å². The van der Waals surface area contributed by atoms with Gasteiger partial charge in [-0.2, -0.15) is 5.26 Å². The molecule has 1 fully saturated rings. The zero-order valence-electron chi connectivity index (χ0n) is 5.97. The van der Waals surface area contributed by atoms with Gasteiger partial charge in [0.05, 0.1) is 11.4 Å². The van der Waals surface area contributed by atoms with Crippen molar-refractivity contribution in [3.05, 3.63) is 0 Å². The van der Waals surface area contributed by atoms with Gasteiger partial charge in [-0.1, -0.05) is 0 Å². The molecule has 3 heteroatoms. The summed E-state index contributed by atoms with van der Waals surface area (Å²) in [7, 11) is 0. The first-order valence-corrected chi connectivity index (χ1v) is 4.70. The molecule has 0 saturated carbocycles. The van der Waals surface area contributed by atoms with Crippen molar-refractivity contribution in [3.8, 4) is 6.07 Å². The van der Waals surface area contributed by atoms with Gasteiger partial charge in [0.25, 0.3) is 0 Å². The van der Waals surface area contributed by atoms with Crippen molar-refractivity contribution in [1.29, 1.82) is 5.26 Å². The first kappa shape index (κ1) is 7.90. The third-order valence-corrected chi connectivity index (χ3v) is 2.79. The van der Waals surface area contributed by atoms with E-state index in [0.29, 0.717) is 11.8 Å². The van der Waals surface area contributed by atoms with E-state index in [1.807, 2.05) is 11.8 Å². The maximum absolute atomic E-state index is 8.26. The number of nitrogens with zero attached hydrogens (tertiary/aromatic N) is 1. The van der Waals surface area contributed by atoms with E-state index in [1.165, 1.54) is 5.75 Å². The van der Waals surface area contributed by atoms with Crippen LogP contribution in [0.15, 0.2) is 0 Å². The fourth-order valence-electron chi connectivity index (χ4n) is 1.03. The van der Waals surface area contributed by atoms with Gasteiger partial charge in [0.1, 0.15) is 0 Å². The van der Waals surface area contributed by atoms with Gasteiger partial charge in [0.15, 0.2) is 0 Å². The molecule has 1 atom stereocenters. The molecule has 0 aliphatic carbocycles. The molecule has 0 aromatic heterocycles. The third-order valence-electron chi connectivity index (χ3n) is 1.55. The highest BCUT2D eigenvalue weighted by Gasteiger charge is 2.12. The number of nitriles is 1. The molecular formula is C7H12N2S. The van der Waals surface area contributed by atoms with Crippen LogP contribution in [0.4, 0.5) is 0 Å². The summed E-state index contributed by atoms with van der Waals surface area (Å²) in [5.74, 6) is 1.23. The Balaban J connectivity index is 1.97. The molecular weight excluding hydrogens is 144 g/mol. The Bertz CT molecular complexity index is 124. The minimum Gasteiger partial charge on any atom is -0.305 e. The van der Waals surface area contributed by atoms with Gasteiger partial charge in [0, 0.05) is 18.7 Å². The van der Waals surface area contributed by atoms with Gasteiger partial charge >= 0.3 is 0 Å².